The fraction of sp³-hybridized carbons (Fsp3) is 0.182. The molecule has 0 saturated carbocycles. The number of halogens is 1. The Morgan fingerprint density at radius 3 is 2.78 bits per heavy atom. The quantitative estimate of drug-likeness (QED) is 0.655. The van der Waals surface area contributed by atoms with Gasteiger partial charge in [-0.05, 0) is 5.56 Å². The van der Waals surface area contributed by atoms with E-state index in [0.717, 1.165) is 0 Å². The van der Waals surface area contributed by atoms with Gasteiger partial charge in [-0.15, -0.1) is 0 Å². The lowest BCUT2D eigenvalue weighted by atomic mass is 10.1. The van der Waals surface area contributed by atoms with Gasteiger partial charge in [-0.3, -0.25) is 14.9 Å². The number of carbonyl (C=O) groups excluding carboxylic acids is 1. The molecule has 0 aliphatic carbocycles. The van der Waals surface area contributed by atoms with Crippen LogP contribution in [0, 0.1) is 10.1 Å². The number of ether oxygens (including phenoxy) is 1. The molecule has 0 saturated heterocycles. The molecule has 0 aliphatic rings. The fourth-order valence-electron chi connectivity index (χ4n) is 1.30. The monoisotopic (exact) mass is 270 g/mol. The van der Waals surface area contributed by atoms with Crippen LogP contribution in [-0.4, -0.2) is 17.9 Å². The van der Waals surface area contributed by atoms with E-state index in [4.69, 9.17) is 22.1 Å². The molecule has 96 valence electrons. The molecule has 0 heterocycles. The standard InChI is InChI=1S/C11H11ClN2O4/c1-18-10-6-8(12)7(3-2-4-11(13)15)5-9(10)14(16)17/h2-3,5-6H,4H2,1H3,(H2,13,15). The SMILES string of the molecule is COc1cc(Cl)c(C=CCC(N)=O)cc1[N+](=O)[O-]. The van der Waals surface area contributed by atoms with Crippen LogP contribution in [0.1, 0.15) is 12.0 Å². The largest absolute Gasteiger partial charge is 0.490 e. The van der Waals surface area contributed by atoms with Crippen molar-refractivity contribution in [3.05, 3.63) is 38.9 Å². The Hall–Kier alpha value is -2.08. The summed E-state index contributed by atoms with van der Waals surface area (Å²) in [6.07, 6.45) is 3.02. The average molecular weight is 271 g/mol. The summed E-state index contributed by atoms with van der Waals surface area (Å²) in [5, 5.41) is 11.1. The molecule has 1 amide bonds. The first kappa shape index (κ1) is 14.0. The minimum absolute atomic E-state index is 0.0379. The van der Waals surface area contributed by atoms with E-state index in [2.05, 4.69) is 0 Å². The van der Waals surface area contributed by atoms with Crippen molar-refractivity contribution in [3.63, 3.8) is 0 Å². The van der Waals surface area contributed by atoms with Crippen LogP contribution in [0.5, 0.6) is 5.75 Å². The van der Waals surface area contributed by atoms with Gasteiger partial charge in [-0.25, -0.2) is 0 Å². The number of carbonyl (C=O) groups is 1. The molecule has 7 heteroatoms. The van der Waals surface area contributed by atoms with Crippen LogP contribution < -0.4 is 10.5 Å². The predicted molar refractivity (Wildman–Crippen MR) is 67.5 cm³/mol. The van der Waals surface area contributed by atoms with Crippen molar-refractivity contribution in [1.29, 1.82) is 0 Å². The van der Waals surface area contributed by atoms with Gasteiger partial charge in [0.05, 0.1) is 17.1 Å². The minimum Gasteiger partial charge on any atom is -0.490 e. The first-order valence-corrected chi connectivity index (χ1v) is 5.30. The number of hydrogen-bond acceptors (Lipinski definition) is 4. The second-order valence-corrected chi connectivity index (χ2v) is 3.78. The van der Waals surface area contributed by atoms with Crippen molar-refractivity contribution in [2.45, 2.75) is 6.42 Å². The number of hydrogen-bond donors (Lipinski definition) is 1. The Balaban J connectivity index is 3.13. The molecule has 1 rings (SSSR count). The average Bonchev–Trinajstić information content (AvgIpc) is 2.29. The smallest absolute Gasteiger partial charge is 0.311 e. The van der Waals surface area contributed by atoms with Crippen molar-refractivity contribution in [1.82, 2.24) is 0 Å². The van der Waals surface area contributed by atoms with Crippen LogP contribution >= 0.6 is 11.6 Å². The lowest BCUT2D eigenvalue weighted by Crippen LogP contribution is -2.07. The molecule has 18 heavy (non-hydrogen) atoms. The molecule has 0 unspecified atom stereocenters. The maximum Gasteiger partial charge on any atom is 0.311 e. The first-order chi connectivity index (χ1) is 8.45. The van der Waals surface area contributed by atoms with Crippen LogP contribution in [0.2, 0.25) is 5.02 Å². The minimum atomic E-state index is -0.569. The van der Waals surface area contributed by atoms with Gasteiger partial charge < -0.3 is 10.5 Å². The molecule has 1 aromatic rings. The van der Waals surface area contributed by atoms with Crippen molar-refractivity contribution in [2.75, 3.05) is 7.11 Å². The second-order valence-electron chi connectivity index (χ2n) is 3.38. The molecule has 6 nitrogen and oxygen atoms in total. The second kappa shape index (κ2) is 6.02. The summed E-state index contributed by atoms with van der Waals surface area (Å²) in [6.45, 7) is 0. The number of nitrogens with zero attached hydrogens (tertiary/aromatic N) is 1. The van der Waals surface area contributed by atoms with E-state index in [0.29, 0.717) is 5.56 Å². The Labute approximate surface area is 108 Å². The number of benzene rings is 1. The van der Waals surface area contributed by atoms with Gasteiger partial charge in [-0.1, -0.05) is 23.8 Å². The van der Waals surface area contributed by atoms with Crippen LogP contribution in [0.4, 0.5) is 5.69 Å². The molecule has 0 radical (unpaired) electrons. The van der Waals surface area contributed by atoms with Crippen LogP contribution in [0.25, 0.3) is 6.08 Å². The molecule has 1 aromatic carbocycles. The summed E-state index contributed by atoms with van der Waals surface area (Å²) in [4.78, 5) is 20.8. The molecule has 0 bridgehead atoms. The molecule has 0 atom stereocenters. The number of rotatable bonds is 5. The van der Waals surface area contributed by atoms with E-state index >= 15 is 0 Å². The number of nitro benzene ring substituents is 1. The van der Waals surface area contributed by atoms with Crippen LogP contribution in [-0.2, 0) is 4.79 Å². The van der Waals surface area contributed by atoms with Gasteiger partial charge in [-0.2, -0.15) is 0 Å². The lowest BCUT2D eigenvalue weighted by molar-refractivity contribution is -0.385. The third kappa shape index (κ3) is 3.46. The zero-order valence-corrected chi connectivity index (χ0v) is 10.3. The number of nitro groups is 1. The zero-order valence-electron chi connectivity index (χ0n) is 9.55. The fourth-order valence-corrected chi connectivity index (χ4v) is 1.51. The summed E-state index contributed by atoms with van der Waals surface area (Å²) in [6, 6.07) is 2.63. The van der Waals surface area contributed by atoms with E-state index in [1.165, 1.54) is 31.4 Å². The van der Waals surface area contributed by atoms with Crippen LogP contribution in [0.15, 0.2) is 18.2 Å². The summed E-state index contributed by atoms with van der Waals surface area (Å²) in [5.41, 5.74) is 5.19. The molecule has 0 fully saturated rings. The lowest BCUT2D eigenvalue weighted by Gasteiger charge is -2.04. The summed E-state index contributed by atoms with van der Waals surface area (Å²) in [7, 11) is 1.32. The third-order valence-corrected chi connectivity index (χ3v) is 2.44. The number of methoxy groups -OCH3 is 1. The zero-order chi connectivity index (χ0) is 13.7. The first-order valence-electron chi connectivity index (χ1n) is 4.92. The van der Waals surface area contributed by atoms with Crippen molar-refractivity contribution >= 4 is 29.3 Å². The van der Waals surface area contributed by atoms with Gasteiger partial charge in [0.2, 0.25) is 5.91 Å². The van der Waals surface area contributed by atoms with Gasteiger partial charge in [0, 0.05) is 18.6 Å². The van der Waals surface area contributed by atoms with E-state index < -0.39 is 10.8 Å². The van der Waals surface area contributed by atoms with Gasteiger partial charge in [0.1, 0.15) is 0 Å². The molecule has 0 aliphatic heterocycles. The van der Waals surface area contributed by atoms with Crippen molar-refractivity contribution in [2.24, 2.45) is 5.73 Å². The summed E-state index contributed by atoms with van der Waals surface area (Å²) >= 11 is 5.93. The molecular weight excluding hydrogens is 260 g/mol. The van der Waals surface area contributed by atoms with Crippen molar-refractivity contribution in [3.8, 4) is 5.75 Å². The molecular formula is C11H11ClN2O4. The molecule has 2 N–H and O–H groups in total. The normalized spacial score (nSPS) is 10.6. The highest BCUT2D eigenvalue weighted by atomic mass is 35.5. The van der Waals surface area contributed by atoms with Gasteiger partial charge >= 0.3 is 5.69 Å². The maximum atomic E-state index is 10.8. The summed E-state index contributed by atoms with van der Waals surface area (Å²) in [5.74, 6) is -0.414. The van der Waals surface area contributed by atoms with E-state index in [9.17, 15) is 14.9 Å². The van der Waals surface area contributed by atoms with Gasteiger partial charge in [0.25, 0.3) is 0 Å². The number of primary amides is 1. The topological polar surface area (TPSA) is 95.5 Å². The third-order valence-electron chi connectivity index (χ3n) is 2.11. The Bertz CT molecular complexity index is 514. The van der Waals surface area contributed by atoms with E-state index in [1.54, 1.807) is 0 Å². The van der Waals surface area contributed by atoms with Crippen LogP contribution in [0.3, 0.4) is 0 Å². The van der Waals surface area contributed by atoms with E-state index in [1.807, 2.05) is 0 Å². The number of amides is 1. The van der Waals surface area contributed by atoms with E-state index in [-0.39, 0.29) is 22.9 Å². The Kier molecular flexibility index (Phi) is 4.67. The Morgan fingerprint density at radius 1 is 1.61 bits per heavy atom. The highest BCUT2D eigenvalue weighted by Gasteiger charge is 2.17. The maximum absolute atomic E-state index is 10.8. The number of nitrogens with two attached hydrogens (primary N) is 1. The highest BCUT2D eigenvalue weighted by Crippen LogP contribution is 2.33. The predicted octanol–water partition coefficient (Wildman–Crippen LogP) is 2.15. The van der Waals surface area contributed by atoms with Gasteiger partial charge in [0.15, 0.2) is 5.75 Å². The Morgan fingerprint density at radius 2 is 2.28 bits per heavy atom. The highest BCUT2D eigenvalue weighted by molar-refractivity contribution is 6.32. The molecule has 0 spiro atoms. The van der Waals surface area contributed by atoms with Crippen molar-refractivity contribution < 1.29 is 14.5 Å². The summed E-state index contributed by atoms with van der Waals surface area (Å²) < 4.78 is 4.86. The molecule has 0 aromatic heterocycles.